The summed E-state index contributed by atoms with van der Waals surface area (Å²) in [7, 11) is 1.62. The molecule has 3 atom stereocenters. The smallest absolute Gasteiger partial charge is 0.407 e. The summed E-state index contributed by atoms with van der Waals surface area (Å²) in [5.41, 5.74) is 3.19. The number of carbonyl (C=O) groups is 2. The Bertz CT molecular complexity index is 1510. The summed E-state index contributed by atoms with van der Waals surface area (Å²) in [6, 6.07) is 29.0. The molecule has 0 radical (unpaired) electrons. The first kappa shape index (κ1) is 28.6. The van der Waals surface area contributed by atoms with Crippen molar-refractivity contribution >= 4 is 34.4 Å². The van der Waals surface area contributed by atoms with Crippen LogP contribution in [0, 0.1) is 5.92 Å². The van der Waals surface area contributed by atoms with Crippen molar-refractivity contribution < 1.29 is 28.9 Å². The van der Waals surface area contributed by atoms with E-state index in [1.165, 1.54) is 4.90 Å². The Morgan fingerprint density at radius 3 is 2.32 bits per heavy atom. The topological polar surface area (TPSA) is 85.3 Å². The van der Waals surface area contributed by atoms with Gasteiger partial charge in [-0.3, -0.25) is 0 Å². The summed E-state index contributed by atoms with van der Waals surface area (Å²) in [5.74, 6) is -0.677. The molecule has 0 bridgehead atoms. The number of halogens is 1. The number of methoxy groups -OCH3 is 1. The molecule has 7 nitrogen and oxygen atoms in total. The zero-order valence-corrected chi connectivity index (χ0v) is 23.5. The number of carbonyl (C=O) groups excluding carboxylic acids is 1. The quantitative estimate of drug-likeness (QED) is 0.222. The van der Waals surface area contributed by atoms with Crippen LogP contribution in [0.25, 0.3) is 10.8 Å². The van der Waals surface area contributed by atoms with Gasteiger partial charge in [-0.05, 0) is 45.7 Å². The second-order valence-electron chi connectivity index (χ2n) is 10.3. The number of ether oxygens (including phenoxy) is 3. The number of benzene rings is 4. The van der Waals surface area contributed by atoms with Crippen LogP contribution < -0.4 is 0 Å². The number of carboxylic acid groups (broad SMARTS) is 1. The average Bonchev–Trinajstić information content (AvgIpc) is 2.99. The number of hydrogen-bond donors (Lipinski definition) is 1. The SMILES string of the molecule is COCC1CN(C(=O)O)CC(OCc2ccc3ccccc3c2)C1c1ccc(COC(=O)c2ccccc2Cl)cc1. The first-order chi connectivity index (χ1) is 19.9. The number of hydrogen-bond acceptors (Lipinski definition) is 5. The lowest BCUT2D eigenvalue weighted by Crippen LogP contribution is -2.52. The minimum Gasteiger partial charge on any atom is -0.465 e. The van der Waals surface area contributed by atoms with Gasteiger partial charge in [0.2, 0.25) is 0 Å². The number of fused-ring (bicyclic) bond motifs is 1. The molecule has 1 N–H and O–H groups in total. The van der Waals surface area contributed by atoms with Crippen LogP contribution in [0.5, 0.6) is 0 Å². The van der Waals surface area contributed by atoms with Crippen LogP contribution in [-0.2, 0) is 27.4 Å². The molecule has 3 unspecified atom stereocenters. The van der Waals surface area contributed by atoms with Gasteiger partial charge in [0.15, 0.2) is 0 Å². The van der Waals surface area contributed by atoms with Crippen molar-refractivity contribution in [1.29, 1.82) is 0 Å². The number of esters is 1. The van der Waals surface area contributed by atoms with Crippen LogP contribution in [0.15, 0.2) is 91.0 Å². The Morgan fingerprint density at radius 2 is 1.59 bits per heavy atom. The highest BCUT2D eigenvalue weighted by molar-refractivity contribution is 6.33. The first-order valence-corrected chi connectivity index (χ1v) is 13.9. The fraction of sp³-hybridized carbons (Fsp3) is 0.273. The van der Waals surface area contributed by atoms with Gasteiger partial charge in [-0.15, -0.1) is 0 Å². The number of nitrogens with zero attached hydrogens (tertiary/aromatic N) is 1. The summed E-state index contributed by atoms with van der Waals surface area (Å²) in [6.07, 6.45) is -1.35. The van der Waals surface area contributed by atoms with E-state index in [0.717, 1.165) is 27.5 Å². The van der Waals surface area contributed by atoms with Gasteiger partial charge in [-0.1, -0.05) is 84.4 Å². The van der Waals surface area contributed by atoms with E-state index in [4.69, 9.17) is 25.8 Å². The maximum absolute atomic E-state index is 12.5. The third-order valence-electron chi connectivity index (χ3n) is 7.52. The average molecular weight is 574 g/mol. The van der Waals surface area contributed by atoms with Gasteiger partial charge in [0, 0.05) is 25.5 Å². The Balaban J connectivity index is 1.33. The molecule has 1 amide bonds. The normalized spacial score (nSPS) is 18.8. The van der Waals surface area contributed by atoms with E-state index >= 15 is 0 Å². The molecule has 4 aromatic carbocycles. The maximum atomic E-state index is 12.5. The van der Waals surface area contributed by atoms with Crippen molar-refractivity contribution in [3.63, 3.8) is 0 Å². The Morgan fingerprint density at radius 1 is 0.878 bits per heavy atom. The van der Waals surface area contributed by atoms with E-state index in [1.807, 2.05) is 42.5 Å². The molecule has 1 fully saturated rings. The van der Waals surface area contributed by atoms with Crippen LogP contribution in [0.4, 0.5) is 4.79 Å². The van der Waals surface area contributed by atoms with Crippen LogP contribution in [-0.4, -0.2) is 55.0 Å². The lowest BCUT2D eigenvalue weighted by Gasteiger charge is -2.42. The lowest BCUT2D eigenvalue weighted by atomic mass is 9.78. The van der Waals surface area contributed by atoms with Gasteiger partial charge in [-0.2, -0.15) is 0 Å². The second kappa shape index (κ2) is 13.2. The third kappa shape index (κ3) is 6.88. The zero-order valence-electron chi connectivity index (χ0n) is 22.7. The lowest BCUT2D eigenvalue weighted by molar-refractivity contribution is -0.0518. The van der Waals surface area contributed by atoms with E-state index in [9.17, 15) is 14.7 Å². The van der Waals surface area contributed by atoms with Crippen molar-refractivity contribution in [3.8, 4) is 0 Å². The van der Waals surface area contributed by atoms with Gasteiger partial charge < -0.3 is 24.2 Å². The highest BCUT2D eigenvalue weighted by Gasteiger charge is 2.40. The minimum atomic E-state index is -0.973. The zero-order chi connectivity index (χ0) is 28.8. The Hall–Kier alpha value is -3.91. The molecule has 0 spiro atoms. The van der Waals surface area contributed by atoms with Gasteiger partial charge in [0.05, 0.1) is 36.4 Å². The highest BCUT2D eigenvalue weighted by atomic mass is 35.5. The molecule has 8 heteroatoms. The molecular formula is C33H32ClNO6. The number of piperidine rings is 1. The Kier molecular flexibility index (Phi) is 9.19. The van der Waals surface area contributed by atoms with E-state index in [0.29, 0.717) is 30.3 Å². The predicted molar refractivity (Wildman–Crippen MR) is 157 cm³/mol. The summed E-state index contributed by atoms with van der Waals surface area (Å²) in [5, 5.41) is 12.5. The Labute approximate surface area is 244 Å². The fourth-order valence-corrected chi connectivity index (χ4v) is 5.71. The molecule has 212 valence electrons. The summed E-state index contributed by atoms with van der Waals surface area (Å²) < 4.78 is 17.5. The molecule has 0 aromatic heterocycles. The molecule has 1 saturated heterocycles. The molecular weight excluding hydrogens is 542 g/mol. The summed E-state index contributed by atoms with van der Waals surface area (Å²) in [4.78, 5) is 25.9. The van der Waals surface area contributed by atoms with Crippen molar-refractivity contribution in [2.75, 3.05) is 26.8 Å². The highest BCUT2D eigenvalue weighted by Crippen LogP contribution is 2.36. The van der Waals surface area contributed by atoms with Gasteiger partial charge in [0.25, 0.3) is 0 Å². The summed E-state index contributed by atoms with van der Waals surface area (Å²) >= 11 is 6.12. The molecule has 5 rings (SSSR count). The minimum absolute atomic E-state index is 0.0919. The third-order valence-corrected chi connectivity index (χ3v) is 7.85. The van der Waals surface area contributed by atoms with Crippen LogP contribution in [0.1, 0.15) is 33.0 Å². The van der Waals surface area contributed by atoms with Crippen LogP contribution >= 0.6 is 11.6 Å². The summed E-state index contributed by atoms with van der Waals surface area (Å²) in [6.45, 7) is 1.45. The van der Waals surface area contributed by atoms with Crippen molar-refractivity contribution in [3.05, 3.63) is 118 Å². The van der Waals surface area contributed by atoms with E-state index in [-0.39, 0.29) is 31.1 Å². The standard InChI is InChI=1S/C33H32ClNO6/c1-39-21-27-17-35(33(37)38)18-30(40-20-23-12-13-24-6-2-3-7-26(24)16-23)31(27)25-14-10-22(11-15-25)19-41-32(36)28-8-4-5-9-29(28)34/h2-16,27,30-31H,17-21H2,1H3,(H,37,38). The number of likely N-dealkylation sites (tertiary alicyclic amines) is 1. The number of amides is 1. The molecule has 41 heavy (non-hydrogen) atoms. The van der Waals surface area contributed by atoms with Crippen molar-refractivity contribution in [1.82, 2.24) is 4.90 Å². The fourth-order valence-electron chi connectivity index (χ4n) is 5.50. The van der Waals surface area contributed by atoms with Crippen molar-refractivity contribution in [2.24, 2.45) is 5.92 Å². The van der Waals surface area contributed by atoms with Crippen LogP contribution in [0.3, 0.4) is 0 Å². The predicted octanol–water partition coefficient (Wildman–Crippen LogP) is 6.78. The van der Waals surface area contributed by atoms with E-state index in [1.54, 1.807) is 31.4 Å². The van der Waals surface area contributed by atoms with Crippen LogP contribution in [0.2, 0.25) is 5.02 Å². The molecule has 0 saturated carbocycles. The molecule has 1 aliphatic rings. The van der Waals surface area contributed by atoms with E-state index in [2.05, 4.69) is 24.3 Å². The van der Waals surface area contributed by atoms with Gasteiger partial charge >= 0.3 is 12.1 Å². The largest absolute Gasteiger partial charge is 0.465 e. The first-order valence-electron chi connectivity index (χ1n) is 13.5. The molecule has 0 aliphatic carbocycles. The molecule has 4 aromatic rings. The van der Waals surface area contributed by atoms with Crippen molar-refractivity contribution in [2.45, 2.75) is 25.2 Å². The van der Waals surface area contributed by atoms with E-state index < -0.39 is 12.1 Å². The second-order valence-corrected chi connectivity index (χ2v) is 10.7. The molecule has 1 aliphatic heterocycles. The number of rotatable bonds is 9. The maximum Gasteiger partial charge on any atom is 0.407 e. The van der Waals surface area contributed by atoms with Gasteiger partial charge in [0.1, 0.15) is 6.61 Å². The monoisotopic (exact) mass is 573 g/mol. The molecule has 1 heterocycles. The van der Waals surface area contributed by atoms with Gasteiger partial charge in [-0.25, -0.2) is 9.59 Å².